The van der Waals surface area contributed by atoms with Gasteiger partial charge in [-0.25, -0.2) is 4.98 Å². The second kappa shape index (κ2) is 9.77. The Morgan fingerprint density at radius 3 is 2.82 bits per heavy atom. The summed E-state index contributed by atoms with van der Waals surface area (Å²) in [6.45, 7) is 3.30. The van der Waals surface area contributed by atoms with E-state index in [2.05, 4.69) is 30.6 Å². The zero-order valence-corrected chi connectivity index (χ0v) is 19.4. The quantitative estimate of drug-likeness (QED) is 0.566. The van der Waals surface area contributed by atoms with Crippen molar-refractivity contribution in [2.75, 3.05) is 48.9 Å². The summed E-state index contributed by atoms with van der Waals surface area (Å²) in [6.07, 6.45) is 1.71. The van der Waals surface area contributed by atoms with Crippen LogP contribution in [0.25, 0.3) is 0 Å². The molecule has 1 N–H and O–H groups in total. The molecule has 2 aromatic heterocycles. The number of benzene rings is 1. The number of ether oxygens (including phenoxy) is 1. The third-order valence-corrected chi connectivity index (χ3v) is 6.83. The topological polar surface area (TPSA) is 118 Å². The number of tetrazole rings is 1. The summed E-state index contributed by atoms with van der Waals surface area (Å²) in [4.78, 5) is 36.4. The normalized spacial score (nSPS) is 18.4. The maximum Gasteiger partial charge on any atom is 0.293 e. The number of morpholine rings is 1. The van der Waals surface area contributed by atoms with Gasteiger partial charge in [0.25, 0.3) is 11.7 Å². The average molecular weight is 481 g/mol. The predicted molar refractivity (Wildman–Crippen MR) is 126 cm³/mol. The van der Waals surface area contributed by atoms with Crippen LogP contribution in [0.3, 0.4) is 0 Å². The Balaban J connectivity index is 1.26. The molecular formula is C22H24N8O3S. The van der Waals surface area contributed by atoms with E-state index in [1.807, 2.05) is 36.4 Å². The van der Waals surface area contributed by atoms with Gasteiger partial charge < -0.3 is 19.9 Å². The van der Waals surface area contributed by atoms with Crippen molar-refractivity contribution in [3.8, 4) is 0 Å². The Morgan fingerprint density at radius 2 is 2.03 bits per heavy atom. The van der Waals surface area contributed by atoms with Crippen molar-refractivity contribution in [1.82, 2.24) is 30.5 Å². The Labute approximate surface area is 200 Å². The molecule has 3 aromatic rings. The molecule has 0 saturated carbocycles. The number of hydrogen-bond acceptors (Lipinski definition) is 9. The van der Waals surface area contributed by atoms with Crippen LogP contribution in [-0.4, -0.2) is 82.2 Å². The van der Waals surface area contributed by atoms with Gasteiger partial charge in [0.1, 0.15) is 11.9 Å². The summed E-state index contributed by atoms with van der Waals surface area (Å²) in [5.41, 5.74) is 1.71. The van der Waals surface area contributed by atoms with Crippen molar-refractivity contribution in [3.63, 3.8) is 0 Å². The Bertz CT molecular complexity index is 1180. The molecule has 2 aliphatic heterocycles. The first-order valence-corrected chi connectivity index (χ1v) is 11.9. The molecular weight excluding hydrogens is 456 g/mol. The summed E-state index contributed by atoms with van der Waals surface area (Å²) in [7, 11) is 1.69. The lowest BCUT2D eigenvalue weighted by Gasteiger charge is -2.28. The summed E-state index contributed by atoms with van der Waals surface area (Å²) in [5.74, 6) is 0.403. The monoisotopic (exact) mass is 480 g/mol. The molecule has 176 valence electrons. The van der Waals surface area contributed by atoms with E-state index in [9.17, 15) is 9.59 Å². The molecule has 0 aliphatic carbocycles. The second-order valence-corrected chi connectivity index (χ2v) is 9.03. The molecule has 1 atom stereocenters. The van der Waals surface area contributed by atoms with Crippen LogP contribution < -0.4 is 15.1 Å². The highest BCUT2D eigenvalue weighted by Crippen LogP contribution is 2.35. The first-order valence-electron chi connectivity index (χ1n) is 10.9. The SMILES string of the molecule is CN1C(=O)[C@@H](NC(=O)c2nnn(Cc3ccccc3)n2)CSc2cc(N3CCOCC3)ncc21. The minimum absolute atomic E-state index is 0.0746. The average Bonchev–Trinajstić information content (AvgIpc) is 3.31. The number of fused-ring (bicyclic) bond motifs is 1. The maximum atomic E-state index is 13.1. The van der Waals surface area contributed by atoms with Crippen molar-refractivity contribution in [3.05, 3.63) is 54.0 Å². The fraction of sp³-hybridized carbons (Fsp3) is 0.364. The predicted octanol–water partition coefficient (Wildman–Crippen LogP) is 0.820. The van der Waals surface area contributed by atoms with Crippen molar-refractivity contribution < 1.29 is 14.3 Å². The van der Waals surface area contributed by atoms with Crippen LogP contribution in [0.5, 0.6) is 0 Å². The maximum absolute atomic E-state index is 13.1. The fourth-order valence-electron chi connectivity index (χ4n) is 3.82. The minimum Gasteiger partial charge on any atom is -0.378 e. The number of likely N-dealkylation sites (N-methyl/N-ethyl adjacent to an activating group) is 1. The van der Waals surface area contributed by atoms with Crippen LogP contribution in [-0.2, 0) is 16.1 Å². The number of anilines is 2. The van der Waals surface area contributed by atoms with Crippen LogP contribution >= 0.6 is 11.8 Å². The van der Waals surface area contributed by atoms with Gasteiger partial charge in [-0.15, -0.1) is 22.0 Å². The molecule has 0 bridgehead atoms. The van der Waals surface area contributed by atoms with E-state index in [0.717, 1.165) is 35.1 Å². The van der Waals surface area contributed by atoms with E-state index < -0.39 is 11.9 Å². The smallest absolute Gasteiger partial charge is 0.293 e. The van der Waals surface area contributed by atoms with Gasteiger partial charge in [-0.1, -0.05) is 30.3 Å². The summed E-state index contributed by atoms with van der Waals surface area (Å²) in [5, 5.41) is 14.8. The van der Waals surface area contributed by atoms with E-state index in [1.165, 1.54) is 21.5 Å². The lowest BCUT2D eigenvalue weighted by molar-refractivity contribution is -0.119. The van der Waals surface area contributed by atoms with Crippen molar-refractivity contribution in [2.45, 2.75) is 17.5 Å². The molecule has 0 spiro atoms. The third-order valence-electron chi connectivity index (χ3n) is 5.69. The van der Waals surface area contributed by atoms with Crippen molar-refractivity contribution in [2.24, 2.45) is 0 Å². The lowest BCUT2D eigenvalue weighted by atomic mass is 10.2. The molecule has 2 amide bonds. The number of nitrogens with one attached hydrogen (secondary N) is 1. The number of carbonyl (C=O) groups is 2. The van der Waals surface area contributed by atoms with Gasteiger partial charge >= 0.3 is 0 Å². The molecule has 1 aromatic carbocycles. The molecule has 34 heavy (non-hydrogen) atoms. The summed E-state index contributed by atoms with van der Waals surface area (Å²) >= 11 is 1.51. The molecule has 5 rings (SSSR count). The summed E-state index contributed by atoms with van der Waals surface area (Å²) in [6, 6.07) is 10.9. The minimum atomic E-state index is -0.734. The number of carbonyl (C=O) groups excluding carboxylic acids is 2. The summed E-state index contributed by atoms with van der Waals surface area (Å²) < 4.78 is 5.42. The van der Waals surface area contributed by atoms with Gasteiger partial charge in [-0.05, 0) is 16.8 Å². The van der Waals surface area contributed by atoms with Gasteiger partial charge in [0, 0.05) is 30.8 Å². The molecule has 1 saturated heterocycles. The Morgan fingerprint density at radius 1 is 1.24 bits per heavy atom. The van der Waals surface area contributed by atoms with Crippen LogP contribution in [0.4, 0.5) is 11.5 Å². The first kappa shape index (κ1) is 22.3. The Kier molecular flexibility index (Phi) is 6.41. The van der Waals surface area contributed by atoms with Gasteiger partial charge in [0.15, 0.2) is 0 Å². The van der Waals surface area contributed by atoms with Gasteiger partial charge in [0.05, 0.1) is 31.6 Å². The van der Waals surface area contributed by atoms with E-state index in [0.29, 0.717) is 25.5 Å². The molecule has 4 heterocycles. The van der Waals surface area contributed by atoms with Gasteiger partial charge in [-0.2, -0.15) is 4.80 Å². The number of thioether (sulfide) groups is 1. The van der Waals surface area contributed by atoms with Gasteiger partial charge in [-0.3, -0.25) is 9.59 Å². The number of nitrogens with zero attached hydrogens (tertiary/aromatic N) is 7. The third kappa shape index (κ3) is 4.73. The lowest BCUT2D eigenvalue weighted by Crippen LogP contribution is -2.48. The Hall–Kier alpha value is -3.51. The highest BCUT2D eigenvalue weighted by Gasteiger charge is 2.32. The van der Waals surface area contributed by atoms with Crippen LogP contribution in [0.1, 0.15) is 16.2 Å². The van der Waals surface area contributed by atoms with Crippen LogP contribution in [0.15, 0.2) is 47.5 Å². The van der Waals surface area contributed by atoms with E-state index in [1.54, 1.807) is 13.2 Å². The zero-order chi connectivity index (χ0) is 23.5. The first-order chi connectivity index (χ1) is 16.6. The molecule has 1 fully saturated rings. The van der Waals surface area contributed by atoms with Crippen LogP contribution in [0, 0.1) is 0 Å². The standard InChI is InChI=1S/C22H24N8O3S/c1-28-17-12-23-19(29-7-9-33-10-8-29)11-18(17)34-14-16(22(28)32)24-21(31)20-25-27-30(26-20)13-15-5-3-2-4-6-15/h2-6,11-12,16H,7-10,13-14H2,1H3,(H,24,31)/t16-/m0/s1. The molecule has 11 nitrogen and oxygen atoms in total. The van der Waals surface area contributed by atoms with Gasteiger partial charge in [0.2, 0.25) is 5.91 Å². The van der Waals surface area contributed by atoms with E-state index in [-0.39, 0.29) is 11.7 Å². The number of rotatable bonds is 5. The van der Waals surface area contributed by atoms with Crippen molar-refractivity contribution in [1.29, 1.82) is 0 Å². The molecule has 12 heteroatoms. The highest BCUT2D eigenvalue weighted by molar-refractivity contribution is 7.99. The number of pyridine rings is 1. The second-order valence-electron chi connectivity index (χ2n) is 7.97. The number of aromatic nitrogens is 5. The molecule has 0 unspecified atom stereocenters. The molecule has 0 radical (unpaired) electrons. The van der Waals surface area contributed by atoms with E-state index in [4.69, 9.17) is 4.74 Å². The van der Waals surface area contributed by atoms with E-state index >= 15 is 0 Å². The number of hydrogen-bond donors (Lipinski definition) is 1. The zero-order valence-electron chi connectivity index (χ0n) is 18.6. The highest BCUT2D eigenvalue weighted by atomic mass is 32.2. The van der Waals surface area contributed by atoms with Crippen LogP contribution in [0.2, 0.25) is 0 Å². The fourth-order valence-corrected chi connectivity index (χ4v) is 4.92. The van der Waals surface area contributed by atoms with Crippen molar-refractivity contribution >= 4 is 35.1 Å². The largest absolute Gasteiger partial charge is 0.378 e. The molecule has 2 aliphatic rings. The number of amides is 2.